The third-order valence-electron chi connectivity index (χ3n) is 4.99. The van der Waals surface area contributed by atoms with Gasteiger partial charge in [-0.1, -0.05) is 0 Å². The summed E-state index contributed by atoms with van der Waals surface area (Å²) in [5.74, 6) is 1.88. The molecule has 0 aromatic heterocycles. The Hall–Kier alpha value is -3.19. The molecule has 7 nitrogen and oxygen atoms in total. The predicted octanol–water partition coefficient (Wildman–Crippen LogP) is 3.87. The van der Waals surface area contributed by atoms with Crippen LogP contribution in [0.15, 0.2) is 42.5 Å². The number of carbonyl (C=O) groups excluding carboxylic acids is 1. The molecule has 1 aliphatic heterocycles. The maximum absolute atomic E-state index is 12.5. The first-order valence-electron chi connectivity index (χ1n) is 10.3. The van der Waals surface area contributed by atoms with Crippen LogP contribution in [-0.2, 0) is 4.79 Å². The highest BCUT2D eigenvalue weighted by Crippen LogP contribution is 2.40. The molecule has 0 fully saturated rings. The first-order valence-corrected chi connectivity index (χ1v) is 10.3. The van der Waals surface area contributed by atoms with Crippen LogP contribution in [-0.4, -0.2) is 58.3 Å². The molecule has 2 N–H and O–H groups in total. The third kappa shape index (κ3) is 5.70. The van der Waals surface area contributed by atoms with Crippen molar-refractivity contribution < 1.29 is 19.0 Å². The van der Waals surface area contributed by atoms with Gasteiger partial charge in [0.2, 0.25) is 0 Å². The normalized spacial score (nSPS) is 14.9. The lowest BCUT2D eigenvalue weighted by molar-refractivity contribution is -0.110. The standard InChI is InChI=1S/C24H31N3O4/c1-16(25-17-7-9-18(10-8-17)31-12-6-11-27(2)3)13-20-19-14-22(29-4)23(30-5)15-21(19)26-24(20)28/h7-10,13-16,25H,6,11-12H2,1-5H3,(H,26,28). The number of methoxy groups -OCH3 is 2. The molecule has 1 atom stereocenters. The minimum absolute atomic E-state index is 0.0633. The van der Waals surface area contributed by atoms with Crippen molar-refractivity contribution in [3.8, 4) is 17.2 Å². The number of amides is 1. The first-order chi connectivity index (χ1) is 14.9. The molecule has 1 unspecified atom stereocenters. The molecule has 0 radical (unpaired) electrons. The summed E-state index contributed by atoms with van der Waals surface area (Å²) in [6, 6.07) is 11.4. The van der Waals surface area contributed by atoms with E-state index >= 15 is 0 Å². The Balaban J connectivity index is 1.65. The Bertz CT molecular complexity index is 939. The third-order valence-corrected chi connectivity index (χ3v) is 4.99. The van der Waals surface area contributed by atoms with E-state index in [9.17, 15) is 4.79 Å². The lowest BCUT2D eigenvalue weighted by Gasteiger charge is -2.14. The van der Waals surface area contributed by atoms with Gasteiger partial charge in [-0.25, -0.2) is 0 Å². The summed E-state index contributed by atoms with van der Waals surface area (Å²) >= 11 is 0. The Morgan fingerprint density at radius 2 is 1.77 bits per heavy atom. The summed E-state index contributed by atoms with van der Waals surface area (Å²) in [6.45, 7) is 3.70. The zero-order valence-electron chi connectivity index (χ0n) is 18.8. The van der Waals surface area contributed by atoms with Crippen molar-refractivity contribution in [3.05, 3.63) is 48.0 Å². The van der Waals surface area contributed by atoms with Gasteiger partial charge in [-0.3, -0.25) is 4.79 Å². The summed E-state index contributed by atoms with van der Waals surface area (Å²) in [7, 11) is 7.26. The number of fused-ring (bicyclic) bond motifs is 1. The molecule has 7 heteroatoms. The van der Waals surface area contributed by atoms with Crippen LogP contribution in [0.1, 0.15) is 18.9 Å². The van der Waals surface area contributed by atoms with Crippen LogP contribution in [0, 0.1) is 0 Å². The van der Waals surface area contributed by atoms with Crippen molar-refractivity contribution in [2.24, 2.45) is 0 Å². The number of anilines is 2. The van der Waals surface area contributed by atoms with E-state index < -0.39 is 0 Å². The highest BCUT2D eigenvalue weighted by atomic mass is 16.5. The molecule has 31 heavy (non-hydrogen) atoms. The van der Waals surface area contributed by atoms with Crippen LogP contribution >= 0.6 is 0 Å². The smallest absolute Gasteiger partial charge is 0.256 e. The van der Waals surface area contributed by atoms with Gasteiger partial charge in [-0.2, -0.15) is 0 Å². The summed E-state index contributed by atoms with van der Waals surface area (Å²) in [5, 5.41) is 6.30. The molecule has 1 amide bonds. The molecule has 0 aliphatic carbocycles. The summed E-state index contributed by atoms with van der Waals surface area (Å²) in [4.78, 5) is 14.7. The average molecular weight is 426 g/mol. The van der Waals surface area contributed by atoms with Crippen molar-refractivity contribution >= 4 is 22.9 Å². The minimum atomic E-state index is -0.138. The van der Waals surface area contributed by atoms with Crippen molar-refractivity contribution in [3.63, 3.8) is 0 Å². The van der Waals surface area contributed by atoms with Gasteiger partial charge in [0, 0.05) is 35.5 Å². The molecule has 3 rings (SSSR count). The molecule has 2 aromatic carbocycles. The summed E-state index contributed by atoms with van der Waals surface area (Å²) in [5.41, 5.74) is 3.09. The molecular formula is C24H31N3O4. The fraction of sp³-hybridized carbons (Fsp3) is 0.375. The fourth-order valence-electron chi connectivity index (χ4n) is 3.46. The molecule has 1 heterocycles. The molecule has 0 saturated heterocycles. The Morgan fingerprint density at radius 1 is 1.10 bits per heavy atom. The van der Waals surface area contributed by atoms with Crippen LogP contribution in [0.5, 0.6) is 17.2 Å². The predicted molar refractivity (Wildman–Crippen MR) is 124 cm³/mol. The Kier molecular flexibility index (Phi) is 7.41. The van der Waals surface area contributed by atoms with Gasteiger partial charge in [0.25, 0.3) is 5.91 Å². The largest absolute Gasteiger partial charge is 0.494 e. The van der Waals surface area contributed by atoms with Crippen LogP contribution in [0.25, 0.3) is 5.57 Å². The lowest BCUT2D eigenvalue weighted by Crippen LogP contribution is -2.15. The number of ether oxygens (including phenoxy) is 3. The summed E-state index contributed by atoms with van der Waals surface area (Å²) < 4.78 is 16.5. The van der Waals surface area contributed by atoms with E-state index in [4.69, 9.17) is 14.2 Å². The molecule has 0 saturated carbocycles. The van der Waals surface area contributed by atoms with Gasteiger partial charge >= 0.3 is 0 Å². The van der Waals surface area contributed by atoms with Crippen molar-refractivity contribution in [2.75, 3.05) is 52.1 Å². The molecule has 166 valence electrons. The van der Waals surface area contributed by atoms with Crippen LogP contribution in [0.4, 0.5) is 11.4 Å². The Labute approximate surface area is 184 Å². The molecule has 2 aromatic rings. The number of nitrogens with zero attached hydrogens (tertiary/aromatic N) is 1. The average Bonchev–Trinajstić information content (AvgIpc) is 3.05. The van der Waals surface area contributed by atoms with Crippen molar-refractivity contribution in [2.45, 2.75) is 19.4 Å². The zero-order valence-corrected chi connectivity index (χ0v) is 18.8. The molecule has 0 spiro atoms. The van der Waals surface area contributed by atoms with Gasteiger partial charge in [-0.05, 0) is 63.8 Å². The number of benzene rings is 2. The SMILES string of the molecule is COc1cc2c(cc1OC)C(=CC(C)Nc1ccc(OCCCN(C)C)cc1)C(=O)N2. The molecule has 1 aliphatic rings. The maximum atomic E-state index is 12.5. The van der Waals surface area contributed by atoms with E-state index in [1.165, 1.54) is 0 Å². The fourth-order valence-corrected chi connectivity index (χ4v) is 3.46. The molecular weight excluding hydrogens is 394 g/mol. The minimum Gasteiger partial charge on any atom is -0.494 e. The second-order valence-electron chi connectivity index (χ2n) is 7.75. The van der Waals surface area contributed by atoms with E-state index in [1.807, 2.05) is 43.3 Å². The Morgan fingerprint density at radius 3 is 2.42 bits per heavy atom. The van der Waals surface area contributed by atoms with Gasteiger partial charge in [0.15, 0.2) is 11.5 Å². The van der Waals surface area contributed by atoms with Crippen LogP contribution in [0.3, 0.4) is 0 Å². The van der Waals surface area contributed by atoms with Gasteiger partial charge in [-0.15, -0.1) is 0 Å². The second-order valence-corrected chi connectivity index (χ2v) is 7.75. The topological polar surface area (TPSA) is 72.1 Å². The zero-order chi connectivity index (χ0) is 22.4. The van der Waals surface area contributed by atoms with E-state index in [0.29, 0.717) is 23.7 Å². The van der Waals surface area contributed by atoms with E-state index in [0.717, 1.165) is 35.7 Å². The number of nitrogens with one attached hydrogen (secondary N) is 2. The van der Waals surface area contributed by atoms with E-state index in [-0.39, 0.29) is 11.9 Å². The van der Waals surface area contributed by atoms with Crippen molar-refractivity contribution in [1.82, 2.24) is 4.90 Å². The highest BCUT2D eigenvalue weighted by Gasteiger charge is 2.27. The van der Waals surface area contributed by atoms with E-state index in [1.54, 1.807) is 20.3 Å². The van der Waals surface area contributed by atoms with Gasteiger partial charge in [0.05, 0.1) is 26.5 Å². The maximum Gasteiger partial charge on any atom is 0.256 e. The lowest BCUT2D eigenvalue weighted by atomic mass is 10.0. The number of hydrogen-bond acceptors (Lipinski definition) is 6. The van der Waals surface area contributed by atoms with E-state index in [2.05, 4.69) is 29.6 Å². The molecule has 0 bridgehead atoms. The van der Waals surface area contributed by atoms with Gasteiger partial charge in [0.1, 0.15) is 5.75 Å². The van der Waals surface area contributed by atoms with Crippen molar-refractivity contribution in [1.29, 1.82) is 0 Å². The van der Waals surface area contributed by atoms with Crippen LogP contribution < -0.4 is 24.8 Å². The quantitative estimate of drug-likeness (QED) is 0.445. The highest BCUT2D eigenvalue weighted by molar-refractivity contribution is 6.31. The second kappa shape index (κ2) is 10.2. The summed E-state index contributed by atoms with van der Waals surface area (Å²) in [6.07, 6.45) is 2.90. The number of carbonyl (C=O) groups is 1. The van der Waals surface area contributed by atoms with Crippen LogP contribution in [0.2, 0.25) is 0 Å². The number of rotatable bonds is 10. The first kappa shape index (κ1) is 22.5. The number of hydrogen-bond donors (Lipinski definition) is 2. The monoisotopic (exact) mass is 425 g/mol. The van der Waals surface area contributed by atoms with Gasteiger partial charge < -0.3 is 29.7 Å².